The van der Waals surface area contributed by atoms with E-state index in [-0.39, 0.29) is 5.91 Å². The van der Waals surface area contributed by atoms with E-state index in [0.29, 0.717) is 43.9 Å². The molecule has 0 saturated carbocycles. The zero-order chi connectivity index (χ0) is 24.7. The van der Waals surface area contributed by atoms with Gasteiger partial charge in [0, 0.05) is 50.1 Å². The molecule has 0 atom stereocenters. The number of benzene rings is 2. The van der Waals surface area contributed by atoms with Gasteiger partial charge in [0.15, 0.2) is 5.65 Å². The van der Waals surface area contributed by atoms with Crippen LogP contribution in [0.15, 0.2) is 53.4 Å². The summed E-state index contributed by atoms with van der Waals surface area (Å²) in [6.45, 7) is 7.26. The highest BCUT2D eigenvalue weighted by atomic mass is 32.2. The molecule has 1 saturated heterocycles. The molecule has 8 nitrogen and oxygen atoms in total. The molecule has 4 aromatic rings. The monoisotopic (exact) mass is 491 g/mol. The summed E-state index contributed by atoms with van der Waals surface area (Å²) in [4.78, 5) is 19.6. The van der Waals surface area contributed by atoms with Gasteiger partial charge in [-0.3, -0.25) is 4.79 Å². The van der Waals surface area contributed by atoms with Crippen molar-refractivity contribution in [3.8, 4) is 0 Å². The first-order chi connectivity index (χ1) is 16.7. The van der Waals surface area contributed by atoms with Crippen LogP contribution in [0.5, 0.6) is 0 Å². The average Bonchev–Trinajstić information content (AvgIpc) is 3.23. The summed E-state index contributed by atoms with van der Waals surface area (Å²) in [6, 6.07) is 14.9. The van der Waals surface area contributed by atoms with Gasteiger partial charge in [-0.2, -0.15) is 9.40 Å². The Balaban J connectivity index is 1.23. The fourth-order valence-electron chi connectivity index (χ4n) is 4.85. The van der Waals surface area contributed by atoms with Crippen LogP contribution in [0, 0.1) is 20.8 Å². The molecule has 1 fully saturated rings. The highest BCUT2D eigenvalue weighted by Gasteiger charge is 2.30. The molecular formula is C26H29N5O3S. The van der Waals surface area contributed by atoms with Crippen LogP contribution < -0.4 is 0 Å². The van der Waals surface area contributed by atoms with Crippen LogP contribution in [0.2, 0.25) is 0 Å². The second-order valence-corrected chi connectivity index (χ2v) is 11.0. The van der Waals surface area contributed by atoms with Crippen molar-refractivity contribution in [1.82, 2.24) is 23.8 Å². The third-order valence-electron chi connectivity index (χ3n) is 6.83. The second kappa shape index (κ2) is 9.05. The maximum absolute atomic E-state index is 13.2. The van der Waals surface area contributed by atoms with E-state index in [9.17, 15) is 13.2 Å². The minimum atomic E-state index is -3.61. The normalized spacial score (nSPS) is 15.2. The second-order valence-electron chi connectivity index (χ2n) is 9.11. The van der Waals surface area contributed by atoms with Gasteiger partial charge in [-0.25, -0.2) is 17.9 Å². The molecule has 1 amide bonds. The van der Waals surface area contributed by atoms with Gasteiger partial charge in [-0.1, -0.05) is 30.3 Å². The van der Waals surface area contributed by atoms with Crippen molar-refractivity contribution in [3.05, 3.63) is 71.2 Å². The summed E-state index contributed by atoms with van der Waals surface area (Å²) in [7, 11) is -3.61. The fraction of sp³-hybridized carbons (Fsp3) is 0.346. The zero-order valence-corrected chi connectivity index (χ0v) is 21.0. The van der Waals surface area contributed by atoms with Gasteiger partial charge < -0.3 is 4.90 Å². The number of piperazine rings is 1. The van der Waals surface area contributed by atoms with Crippen molar-refractivity contribution in [2.24, 2.45) is 0 Å². The molecular weight excluding hydrogens is 462 g/mol. The fourth-order valence-corrected chi connectivity index (χ4v) is 6.31. The lowest BCUT2D eigenvalue weighted by Crippen LogP contribution is -2.50. The van der Waals surface area contributed by atoms with Crippen LogP contribution in [-0.4, -0.2) is 64.3 Å². The number of nitrogens with zero attached hydrogens (tertiary/aromatic N) is 5. The Morgan fingerprint density at radius 2 is 1.66 bits per heavy atom. The first-order valence-electron chi connectivity index (χ1n) is 11.8. The van der Waals surface area contributed by atoms with E-state index >= 15 is 0 Å². The van der Waals surface area contributed by atoms with E-state index in [0.717, 1.165) is 39.1 Å². The maximum atomic E-state index is 13.2. The van der Waals surface area contributed by atoms with Gasteiger partial charge in [0.05, 0.1) is 10.6 Å². The Labute approximate surface area is 205 Å². The molecule has 5 rings (SSSR count). The SMILES string of the molecule is Cc1cc2nc(C)c(CCC(=O)N3CCN(S(=O)(=O)c4ccc5ccccc5c4)CC3)c(C)n2n1. The number of aromatic nitrogens is 3. The molecule has 2 aromatic heterocycles. The molecule has 0 radical (unpaired) electrons. The van der Waals surface area contributed by atoms with Gasteiger partial charge in [0.25, 0.3) is 0 Å². The standard InChI is InChI=1S/C26H29N5O3S/c1-18-16-25-27-19(2)24(20(3)31(25)28-18)10-11-26(32)29-12-14-30(15-13-29)35(33,34)23-9-8-21-6-4-5-7-22(21)17-23/h4-9,16-17H,10-15H2,1-3H3. The van der Waals surface area contributed by atoms with E-state index in [1.54, 1.807) is 17.0 Å². The third kappa shape index (κ3) is 4.41. The zero-order valence-electron chi connectivity index (χ0n) is 20.2. The van der Waals surface area contributed by atoms with Crippen LogP contribution in [0.1, 0.15) is 29.1 Å². The lowest BCUT2D eigenvalue weighted by atomic mass is 10.1. The maximum Gasteiger partial charge on any atom is 0.243 e. The number of rotatable bonds is 5. The predicted octanol–water partition coefficient (Wildman–Crippen LogP) is 3.27. The topological polar surface area (TPSA) is 87.9 Å². The van der Waals surface area contributed by atoms with Crippen LogP contribution >= 0.6 is 0 Å². The number of aryl methyl sites for hydroxylation is 3. The number of carbonyl (C=O) groups is 1. The van der Waals surface area contributed by atoms with Gasteiger partial charge in [0.1, 0.15) is 0 Å². The van der Waals surface area contributed by atoms with Gasteiger partial charge in [-0.05, 0) is 55.7 Å². The summed E-state index contributed by atoms with van der Waals surface area (Å²) in [5.74, 6) is 0.0308. The van der Waals surface area contributed by atoms with Gasteiger partial charge in [0.2, 0.25) is 15.9 Å². The molecule has 0 N–H and O–H groups in total. The van der Waals surface area contributed by atoms with Crippen molar-refractivity contribution >= 4 is 32.4 Å². The molecule has 1 aliphatic heterocycles. The highest BCUT2D eigenvalue weighted by Crippen LogP contribution is 2.23. The first kappa shape index (κ1) is 23.4. The van der Waals surface area contributed by atoms with Crippen LogP contribution in [0.25, 0.3) is 16.4 Å². The van der Waals surface area contributed by atoms with Crippen molar-refractivity contribution in [2.45, 2.75) is 38.5 Å². The number of hydrogen-bond acceptors (Lipinski definition) is 5. The highest BCUT2D eigenvalue weighted by molar-refractivity contribution is 7.89. The summed E-state index contributed by atoms with van der Waals surface area (Å²) in [5.41, 5.74) is 4.67. The smallest absolute Gasteiger partial charge is 0.243 e. The van der Waals surface area contributed by atoms with E-state index in [1.165, 1.54) is 4.31 Å². The van der Waals surface area contributed by atoms with Crippen LogP contribution in [0.4, 0.5) is 0 Å². The minimum absolute atomic E-state index is 0.0308. The number of amides is 1. The van der Waals surface area contributed by atoms with Crippen molar-refractivity contribution < 1.29 is 13.2 Å². The largest absolute Gasteiger partial charge is 0.340 e. The van der Waals surface area contributed by atoms with E-state index in [4.69, 9.17) is 0 Å². The Kier molecular flexibility index (Phi) is 6.06. The Morgan fingerprint density at radius 3 is 2.40 bits per heavy atom. The minimum Gasteiger partial charge on any atom is -0.340 e. The molecule has 0 unspecified atom stereocenters. The lowest BCUT2D eigenvalue weighted by molar-refractivity contribution is -0.132. The molecule has 0 aliphatic carbocycles. The number of fused-ring (bicyclic) bond motifs is 2. The third-order valence-corrected chi connectivity index (χ3v) is 8.72. The van der Waals surface area contributed by atoms with Gasteiger partial charge >= 0.3 is 0 Å². The average molecular weight is 492 g/mol. The van der Waals surface area contributed by atoms with Crippen LogP contribution in [-0.2, 0) is 21.2 Å². The Bertz CT molecular complexity index is 1540. The van der Waals surface area contributed by atoms with E-state index in [2.05, 4.69) is 10.1 Å². The molecule has 35 heavy (non-hydrogen) atoms. The van der Waals surface area contributed by atoms with E-state index < -0.39 is 10.0 Å². The lowest BCUT2D eigenvalue weighted by Gasteiger charge is -2.34. The molecule has 0 bridgehead atoms. The molecule has 2 aromatic carbocycles. The molecule has 0 spiro atoms. The number of hydrogen-bond donors (Lipinski definition) is 0. The Hall–Kier alpha value is -3.30. The van der Waals surface area contributed by atoms with Crippen LogP contribution in [0.3, 0.4) is 0 Å². The summed E-state index contributed by atoms with van der Waals surface area (Å²) < 4.78 is 29.7. The summed E-state index contributed by atoms with van der Waals surface area (Å²) >= 11 is 0. The van der Waals surface area contributed by atoms with Crippen molar-refractivity contribution in [1.29, 1.82) is 0 Å². The summed E-state index contributed by atoms with van der Waals surface area (Å²) in [6.07, 6.45) is 0.931. The predicted molar refractivity (Wildman–Crippen MR) is 135 cm³/mol. The van der Waals surface area contributed by atoms with Crippen molar-refractivity contribution in [2.75, 3.05) is 26.2 Å². The van der Waals surface area contributed by atoms with Gasteiger partial charge in [-0.15, -0.1) is 0 Å². The molecule has 9 heteroatoms. The molecule has 182 valence electrons. The summed E-state index contributed by atoms with van der Waals surface area (Å²) in [5, 5.41) is 6.40. The molecule has 1 aliphatic rings. The number of carbonyl (C=O) groups excluding carboxylic acids is 1. The quantitative estimate of drug-likeness (QED) is 0.428. The number of sulfonamides is 1. The first-order valence-corrected chi connectivity index (χ1v) is 13.3. The van der Waals surface area contributed by atoms with Crippen molar-refractivity contribution in [3.63, 3.8) is 0 Å². The Morgan fingerprint density at radius 1 is 0.943 bits per heavy atom. The van der Waals surface area contributed by atoms with E-state index in [1.807, 2.05) is 61.7 Å². The molecule has 3 heterocycles.